The molecule has 0 fully saturated rings. The quantitative estimate of drug-likeness (QED) is 0.753. The third-order valence-electron chi connectivity index (χ3n) is 4.89. The van der Waals surface area contributed by atoms with Crippen molar-refractivity contribution in [3.05, 3.63) is 65.2 Å². The molecule has 24 heavy (non-hydrogen) atoms. The summed E-state index contributed by atoms with van der Waals surface area (Å²) < 4.78 is 0. The molecule has 2 aliphatic rings. The first-order chi connectivity index (χ1) is 11.5. The van der Waals surface area contributed by atoms with Gasteiger partial charge in [-0.1, -0.05) is 73.4 Å². The fourth-order valence-corrected chi connectivity index (χ4v) is 4.67. The van der Waals surface area contributed by atoms with Gasteiger partial charge >= 0.3 is 0 Å². The first-order valence-electron chi connectivity index (χ1n) is 8.78. The monoisotopic (exact) mass is 332 g/mol. The molecule has 0 spiro atoms. The van der Waals surface area contributed by atoms with Crippen LogP contribution in [0.2, 0.25) is 19.6 Å². The van der Waals surface area contributed by atoms with Crippen LogP contribution in [0.15, 0.2) is 53.5 Å². The van der Waals surface area contributed by atoms with Gasteiger partial charge in [0.15, 0.2) is 0 Å². The van der Waals surface area contributed by atoms with Crippen molar-refractivity contribution in [1.82, 2.24) is 4.90 Å². The summed E-state index contributed by atoms with van der Waals surface area (Å²) in [5, 5.41) is 1.51. The Morgan fingerprint density at radius 3 is 2.46 bits per heavy atom. The van der Waals surface area contributed by atoms with Crippen LogP contribution in [-0.4, -0.2) is 31.9 Å². The molecule has 0 aliphatic carbocycles. The van der Waals surface area contributed by atoms with Gasteiger partial charge in [0.2, 0.25) is 0 Å². The lowest BCUT2D eigenvalue weighted by atomic mass is 9.96. The molecule has 0 unspecified atom stereocenters. The van der Waals surface area contributed by atoms with Gasteiger partial charge in [0.1, 0.15) is 5.84 Å². The van der Waals surface area contributed by atoms with Crippen molar-refractivity contribution in [3.8, 4) is 0 Å². The number of rotatable bonds is 2. The maximum Gasteiger partial charge on any atom is 0.136 e. The number of hydrogen-bond acceptors (Lipinski definition) is 2. The van der Waals surface area contributed by atoms with Crippen LogP contribution in [0.4, 0.5) is 0 Å². The Morgan fingerprint density at radius 1 is 0.958 bits per heavy atom. The van der Waals surface area contributed by atoms with Gasteiger partial charge in [0.25, 0.3) is 0 Å². The lowest BCUT2D eigenvalue weighted by Gasteiger charge is -2.35. The Bertz CT molecular complexity index is 826. The third kappa shape index (κ3) is 2.63. The molecule has 2 nitrogen and oxygen atoms in total. The van der Waals surface area contributed by atoms with E-state index in [1.54, 1.807) is 0 Å². The highest BCUT2D eigenvalue weighted by Gasteiger charge is 2.27. The van der Waals surface area contributed by atoms with Crippen molar-refractivity contribution >= 4 is 30.9 Å². The molecule has 0 saturated carbocycles. The summed E-state index contributed by atoms with van der Waals surface area (Å²) in [4.78, 5) is 7.23. The second kappa shape index (κ2) is 5.74. The molecule has 2 aromatic rings. The van der Waals surface area contributed by atoms with E-state index in [1.807, 2.05) is 0 Å². The molecular formula is C21H24N2Si. The largest absolute Gasteiger partial charge is 0.326 e. The van der Waals surface area contributed by atoms with Gasteiger partial charge in [-0.05, 0) is 23.6 Å². The highest BCUT2D eigenvalue weighted by atomic mass is 28.3. The van der Waals surface area contributed by atoms with Crippen molar-refractivity contribution in [2.45, 2.75) is 26.1 Å². The van der Waals surface area contributed by atoms with Crippen LogP contribution in [-0.2, 0) is 0 Å². The van der Waals surface area contributed by atoms with E-state index in [4.69, 9.17) is 4.99 Å². The van der Waals surface area contributed by atoms with Crippen molar-refractivity contribution in [3.63, 3.8) is 0 Å². The Hall–Kier alpha value is -2.13. The van der Waals surface area contributed by atoms with Crippen molar-refractivity contribution in [1.29, 1.82) is 0 Å². The van der Waals surface area contributed by atoms with Crippen LogP contribution in [0, 0.1) is 0 Å². The van der Waals surface area contributed by atoms with E-state index in [2.05, 4.69) is 79.1 Å². The van der Waals surface area contributed by atoms with Crippen molar-refractivity contribution in [2.75, 3.05) is 13.1 Å². The van der Waals surface area contributed by atoms with Crippen LogP contribution in [0.25, 0.3) is 11.8 Å². The van der Waals surface area contributed by atoms with E-state index in [0.717, 1.165) is 25.3 Å². The summed E-state index contributed by atoms with van der Waals surface area (Å²) >= 11 is 0. The molecule has 0 N–H and O–H groups in total. The minimum Gasteiger partial charge on any atom is -0.326 e. The molecule has 2 aromatic carbocycles. The fraction of sp³-hybridized carbons (Fsp3) is 0.286. The summed E-state index contributed by atoms with van der Waals surface area (Å²) in [6.45, 7) is 9.17. The number of benzene rings is 2. The van der Waals surface area contributed by atoms with E-state index < -0.39 is 8.07 Å². The normalized spacial score (nSPS) is 16.9. The van der Waals surface area contributed by atoms with Crippen LogP contribution in [0.1, 0.15) is 23.1 Å². The zero-order valence-corrected chi connectivity index (χ0v) is 15.7. The standard InChI is InChI=1S/C21H24N2Si/c1-24(2,3)18-11-9-16(10-12-18)20-15-17-7-4-5-8-19(17)21-22-13-6-14-23(20)21/h4-5,7-12,15H,6,13-14H2,1-3H3. The van der Waals surface area contributed by atoms with Gasteiger partial charge in [0, 0.05) is 18.7 Å². The summed E-state index contributed by atoms with van der Waals surface area (Å²) in [5.74, 6) is 1.14. The summed E-state index contributed by atoms with van der Waals surface area (Å²) in [5.41, 5.74) is 5.12. The molecule has 0 bridgehead atoms. The number of amidine groups is 1. The van der Waals surface area contributed by atoms with E-state index >= 15 is 0 Å². The van der Waals surface area contributed by atoms with E-state index in [1.165, 1.54) is 27.6 Å². The highest BCUT2D eigenvalue weighted by molar-refractivity contribution is 6.88. The van der Waals surface area contributed by atoms with Crippen LogP contribution < -0.4 is 5.19 Å². The van der Waals surface area contributed by atoms with Gasteiger partial charge in [-0.25, -0.2) is 0 Å². The predicted octanol–water partition coefficient (Wildman–Crippen LogP) is 4.20. The number of hydrogen-bond donors (Lipinski definition) is 0. The van der Waals surface area contributed by atoms with Gasteiger partial charge < -0.3 is 4.90 Å². The Labute approximate surface area is 145 Å². The molecular weight excluding hydrogens is 308 g/mol. The SMILES string of the molecule is C[Si](C)(C)c1ccc(C2=Cc3ccccc3C3=NCCCN23)cc1. The fourth-order valence-electron chi connectivity index (χ4n) is 3.50. The number of fused-ring (bicyclic) bond motifs is 3. The van der Waals surface area contributed by atoms with E-state index in [-0.39, 0.29) is 0 Å². The molecule has 0 atom stereocenters. The van der Waals surface area contributed by atoms with E-state index in [0.29, 0.717) is 0 Å². The molecule has 0 aromatic heterocycles. The van der Waals surface area contributed by atoms with Crippen molar-refractivity contribution < 1.29 is 0 Å². The minimum absolute atomic E-state index is 0.933. The number of aliphatic imine (C=N–C) groups is 1. The first kappa shape index (κ1) is 15.4. The van der Waals surface area contributed by atoms with E-state index in [9.17, 15) is 0 Å². The Morgan fingerprint density at radius 2 is 1.71 bits per heavy atom. The molecule has 2 heterocycles. The second-order valence-corrected chi connectivity index (χ2v) is 12.7. The first-order valence-corrected chi connectivity index (χ1v) is 12.3. The van der Waals surface area contributed by atoms with Gasteiger partial charge in [-0.3, -0.25) is 4.99 Å². The van der Waals surface area contributed by atoms with Gasteiger partial charge in [0.05, 0.1) is 13.8 Å². The zero-order chi connectivity index (χ0) is 16.7. The minimum atomic E-state index is -1.25. The van der Waals surface area contributed by atoms with Gasteiger partial charge in [-0.2, -0.15) is 0 Å². The second-order valence-electron chi connectivity index (χ2n) is 7.65. The van der Waals surface area contributed by atoms with Crippen LogP contribution in [0.5, 0.6) is 0 Å². The maximum absolute atomic E-state index is 4.83. The lowest BCUT2D eigenvalue weighted by Crippen LogP contribution is -2.38. The Kier molecular flexibility index (Phi) is 3.69. The molecule has 2 aliphatic heterocycles. The highest BCUT2D eigenvalue weighted by Crippen LogP contribution is 2.32. The smallest absolute Gasteiger partial charge is 0.136 e. The van der Waals surface area contributed by atoms with Crippen LogP contribution >= 0.6 is 0 Å². The summed E-state index contributed by atoms with van der Waals surface area (Å²) in [6, 6.07) is 17.8. The molecule has 122 valence electrons. The molecule has 4 rings (SSSR count). The maximum atomic E-state index is 4.83. The summed E-state index contributed by atoms with van der Waals surface area (Å²) in [6.07, 6.45) is 3.44. The lowest BCUT2D eigenvalue weighted by molar-refractivity contribution is 0.528. The molecule has 0 amide bonds. The molecule has 0 saturated heterocycles. The third-order valence-corrected chi connectivity index (χ3v) is 6.95. The molecule has 3 heteroatoms. The Balaban J connectivity index is 1.81. The van der Waals surface area contributed by atoms with Gasteiger partial charge in [-0.15, -0.1) is 0 Å². The average Bonchev–Trinajstić information content (AvgIpc) is 2.60. The summed E-state index contributed by atoms with van der Waals surface area (Å²) in [7, 11) is -1.25. The zero-order valence-electron chi connectivity index (χ0n) is 14.7. The number of nitrogens with zero attached hydrogens (tertiary/aromatic N) is 2. The topological polar surface area (TPSA) is 15.6 Å². The van der Waals surface area contributed by atoms with Crippen LogP contribution in [0.3, 0.4) is 0 Å². The molecule has 0 radical (unpaired) electrons. The van der Waals surface area contributed by atoms with Crippen molar-refractivity contribution in [2.24, 2.45) is 4.99 Å². The predicted molar refractivity (Wildman–Crippen MR) is 106 cm³/mol. The average molecular weight is 333 g/mol.